The first-order valence-electron chi connectivity index (χ1n) is 5.05. The van der Waals surface area contributed by atoms with Crippen molar-refractivity contribution in [2.45, 2.75) is 26.7 Å². The van der Waals surface area contributed by atoms with Crippen molar-refractivity contribution in [2.75, 3.05) is 0 Å². The lowest BCUT2D eigenvalue weighted by atomic mass is 9.95. The number of hydrogen-bond acceptors (Lipinski definition) is 1. The Bertz CT molecular complexity index is 363. The fourth-order valence-electron chi connectivity index (χ4n) is 1.52. The Balaban J connectivity index is 2.95. The Morgan fingerprint density at radius 3 is 2.80 bits per heavy atom. The van der Waals surface area contributed by atoms with Crippen LogP contribution in [-0.4, -0.2) is 5.78 Å². The molecule has 0 N–H and O–H groups in total. The number of rotatable bonds is 4. The quantitative estimate of drug-likeness (QED) is 0.733. The number of Topliss-reactive ketones (excluding diaryl/α,β-unsaturated/α-hetero) is 1. The number of ketones is 1. The summed E-state index contributed by atoms with van der Waals surface area (Å²) in [5.74, 6) is 0.219. The Hall–Kier alpha value is -0.340. The molecule has 0 aromatic heterocycles. The summed E-state index contributed by atoms with van der Waals surface area (Å²) >= 11 is 9.24. The molecular weight excluding hydrogens is 275 g/mol. The van der Waals surface area contributed by atoms with Gasteiger partial charge < -0.3 is 0 Å². The molecule has 0 amide bonds. The minimum atomic E-state index is 0.0600. The van der Waals surface area contributed by atoms with E-state index in [1.54, 1.807) is 12.1 Å². The maximum Gasteiger partial charge on any atom is 0.166 e. The minimum absolute atomic E-state index is 0.0600. The fraction of sp³-hybridized carbons (Fsp3) is 0.417. The number of carbonyl (C=O) groups excluding carboxylic acids is 1. The summed E-state index contributed by atoms with van der Waals surface area (Å²) < 4.78 is 0.819. The molecule has 1 nitrogen and oxygen atoms in total. The van der Waals surface area contributed by atoms with Gasteiger partial charge in [-0.15, -0.1) is 0 Å². The van der Waals surface area contributed by atoms with E-state index in [4.69, 9.17) is 11.6 Å². The van der Waals surface area contributed by atoms with Crippen LogP contribution in [0, 0.1) is 5.92 Å². The summed E-state index contributed by atoms with van der Waals surface area (Å²) in [6.45, 7) is 4.04. The van der Waals surface area contributed by atoms with Crippen LogP contribution >= 0.6 is 27.5 Å². The third kappa shape index (κ3) is 3.32. The van der Waals surface area contributed by atoms with Crippen LogP contribution in [0.5, 0.6) is 0 Å². The molecule has 0 saturated heterocycles. The van der Waals surface area contributed by atoms with E-state index in [2.05, 4.69) is 22.9 Å². The van der Waals surface area contributed by atoms with E-state index in [0.29, 0.717) is 10.6 Å². The van der Waals surface area contributed by atoms with Gasteiger partial charge in [0.05, 0.1) is 0 Å². The lowest BCUT2D eigenvalue weighted by Gasteiger charge is -2.10. The summed E-state index contributed by atoms with van der Waals surface area (Å²) in [5, 5.41) is 0.602. The molecule has 0 aliphatic carbocycles. The predicted molar refractivity (Wildman–Crippen MR) is 67.6 cm³/mol. The van der Waals surface area contributed by atoms with Crippen molar-refractivity contribution in [3.05, 3.63) is 33.3 Å². The van der Waals surface area contributed by atoms with Crippen LogP contribution in [0.4, 0.5) is 0 Å². The number of halogens is 2. The highest BCUT2D eigenvalue weighted by Crippen LogP contribution is 2.24. The van der Waals surface area contributed by atoms with E-state index in [0.717, 1.165) is 17.3 Å². The van der Waals surface area contributed by atoms with Crippen LogP contribution in [0.25, 0.3) is 0 Å². The third-order valence-electron chi connectivity index (χ3n) is 2.36. The van der Waals surface area contributed by atoms with Gasteiger partial charge in [0.25, 0.3) is 0 Å². The van der Waals surface area contributed by atoms with Crippen LogP contribution < -0.4 is 0 Å². The normalized spacial score (nSPS) is 12.5. The molecule has 1 aromatic carbocycles. The Kier molecular flexibility index (Phi) is 4.81. The number of hydrogen-bond donors (Lipinski definition) is 0. The topological polar surface area (TPSA) is 17.1 Å². The molecule has 0 bridgehead atoms. The van der Waals surface area contributed by atoms with E-state index >= 15 is 0 Å². The highest BCUT2D eigenvalue weighted by Gasteiger charge is 2.17. The molecule has 1 atom stereocenters. The lowest BCUT2D eigenvalue weighted by Crippen LogP contribution is -2.11. The van der Waals surface area contributed by atoms with Crippen LogP contribution in [-0.2, 0) is 0 Å². The molecule has 0 aliphatic rings. The van der Waals surface area contributed by atoms with Gasteiger partial charge in [-0.3, -0.25) is 4.79 Å². The molecule has 3 heteroatoms. The van der Waals surface area contributed by atoms with Gasteiger partial charge in [0.2, 0.25) is 0 Å². The van der Waals surface area contributed by atoms with Gasteiger partial charge in [0.1, 0.15) is 0 Å². The molecule has 1 unspecified atom stereocenters. The molecule has 82 valence electrons. The van der Waals surface area contributed by atoms with E-state index in [1.165, 1.54) is 0 Å². The maximum absolute atomic E-state index is 12.0. The molecule has 0 radical (unpaired) electrons. The van der Waals surface area contributed by atoms with Gasteiger partial charge in [0.15, 0.2) is 5.78 Å². The molecule has 15 heavy (non-hydrogen) atoms. The van der Waals surface area contributed by atoms with Crippen molar-refractivity contribution < 1.29 is 4.79 Å². The first-order valence-corrected chi connectivity index (χ1v) is 6.22. The average molecular weight is 290 g/mol. The minimum Gasteiger partial charge on any atom is -0.294 e. The summed E-state index contributed by atoms with van der Waals surface area (Å²) in [7, 11) is 0. The van der Waals surface area contributed by atoms with Crippen molar-refractivity contribution in [3.8, 4) is 0 Å². The van der Waals surface area contributed by atoms with Gasteiger partial charge in [-0.25, -0.2) is 0 Å². The molecule has 0 spiro atoms. The van der Waals surface area contributed by atoms with E-state index in [9.17, 15) is 4.79 Å². The van der Waals surface area contributed by atoms with Gasteiger partial charge in [0, 0.05) is 21.0 Å². The third-order valence-corrected chi connectivity index (χ3v) is 3.29. The van der Waals surface area contributed by atoms with Crippen molar-refractivity contribution >= 4 is 33.3 Å². The Labute approximate surface area is 104 Å². The highest BCUT2D eigenvalue weighted by molar-refractivity contribution is 9.10. The Morgan fingerprint density at radius 2 is 2.20 bits per heavy atom. The van der Waals surface area contributed by atoms with Crippen molar-refractivity contribution in [1.82, 2.24) is 0 Å². The van der Waals surface area contributed by atoms with E-state index in [-0.39, 0.29) is 11.7 Å². The zero-order valence-electron chi connectivity index (χ0n) is 8.89. The van der Waals surface area contributed by atoms with Gasteiger partial charge in [-0.2, -0.15) is 0 Å². The standard InChI is InChI=1S/C12H14BrClO/c1-3-4-8(2)12(15)10-7-9(14)5-6-11(10)13/h5-8H,3-4H2,1-2H3. The average Bonchev–Trinajstić information content (AvgIpc) is 2.21. The largest absolute Gasteiger partial charge is 0.294 e. The first kappa shape index (κ1) is 12.7. The van der Waals surface area contributed by atoms with Crippen LogP contribution in [0.3, 0.4) is 0 Å². The van der Waals surface area contributed by atoms with Crippen molar-refractivity contribution in [1.29, 1.82) is 0 Å². The monoisotopic (exact) mass is 288 g/mol. The predicted octanol–water partition coefficient (Wildman–Crippen LogP) is 4.72. The maximum atomic E-state index is 12.0. The van der Waals surface area contributed by atoms with Gasteiger partial charge >= 0.3 is 0 Å². The summed E-state index contributed by atoms with van der Waals surface area (Å²) in [4.78, 5) is 12.0. The number of benzene rings is 1. The first-order chi connectivity index (χ1) is 7.06. The van der Waals surface area contributed by atoms with Crippen LogP contribution in [0.1, 0.15) is 37.0 Å². The molecule has 0 fully saturated rings. The summed E-state index contributed by atoms with van der Waals surface area (Å²) in [5.41, 5.74) is 0.684. The molecule has 0 saturated carbocycles. The van der Waals surface area contributed by atoms with E-state index in [1.807, 2.05) is 13.0 Å². The SMILES string of the molecule is CCCC(C)C(=O)c1cc(Cl)ccc1Br. The number of carbonyl (C=O) groups is 1. The second-order valence-electron chi connectivity index (χ2n) is 3.68. The molecular formula is C12H14BrClO. The second kappa shape index (κ2) is 5.66. The summed E-state index contributed by atoms with van der Waals surface area (Å²) in [6, 6.07) is 5.31. The van der Waals surface area contributed by atoms with Crippen LogP contribution in [0.2, 0.25) is 5.02 Å². The van der Waals surface area contributed by atoms with Crippen molar-refractivity contribution in [2.24, 2.45) is 5.92 Å². The summed E-state index contributed by atoms with van der Waals surface area (Å²) in [6.07, 6.45) is 1.93. The van der Waals surface area contributed by atoms with Crippen molar-refractivity contribution in [3.63, 3.8) is 0 Å². The van der Waals surface area contributed by atoms with Crippen LogP contribution in [0.15, 0.2) is 22.7 Å². The van der Waals surface area contributed by atoms with Gasteiger partial charge in [-0.1, -0.05) is 47.8 Å². The lowest BCUT2D eigenvalue weighted by molar-refractivity contribution is 0.0923. The fourth-order valence-corrected chi connectivity index (χ4v) is 2.13. The Morgan fingerprint density at radius 1 is 1.53 bits per heavy atom. The molecule has 0 aliphatic heterocycles. The second-order valence-corrected chi connectivity index (χ2v) is 4.97. The highest BCUT2D eigenvalue weighted by atomic mass is 79.9. The zero-order valence-corrected chi connectivity index (χ0v) is 11.2. The molecule has 1 rings (SSSR count). The zero-order chi connectivity index (χ0) is 11.4. The molecule has 1 aromatic rings. The van der Waals surface area contributed by atoms with Gasteiger partial charge in [-0.05, 0) is 24.6 Å². The van der Waals surface area contributed by atoms with E-state index < -0.39 is 0 Å². The molecule has 0 heterocycles. The smallest absolute Gasteiger partial charge is 0.166 e.